The molecule has 2 aromatic carbocycles. The van der Waals surface area contributed by atoms with E-state index in [0.717, 1.165) is 44.5 Å². The molecule has 4 aromatic rings. The summed E-state index contributed by atoms with van der Waals surface area (Å²) in [4.78, 5) is 14.3. The van der Waals surface area contributed by atoms with Gasteiger partial charge in [-0.05, 0) is 38.0 Å². The maximum atomic E-state index is 5.89. The van der Waals surface area contributed by atoms with E-state index in [0.29, 0.717) is 11.8 Å². The normalized spacial score (nSPS) is 14.0. The zero-order valence-corrected chi connectivity index (χ0v) is 15.9. The van der Waals surface area contributed by atoms with Crippen LogP contribution in [0.25, 0.3) is 22.4 Å². The Morgan fingerprint density at radius 1 is 0.963 bits per heavy atom. The minimum atomic E-state index is 0.535. The number of oxazole rings is 1. The highest BCUT2D eigenvalue weighted by molar-refractivity contribution is 7.98. The summed E-state index contributed by atoms with van der Waals surface area (Å²) in [5.74, 6) is 3.79. The maximum absolute atomic E-state index is 5.89. The summed E-state index contributed by atoms with van der Waals surface area (Å²) < 4.78 is 5.89. The molecule has 4 nitrogen and oxygen atoms in total. The lowest BCUT2D eigenvalue weighted by molar-refractivity contribution is 0.540. The maximum Gasteiger partial charge on any atom is 0.226 e. The van der Waals surface area contributed by atoms with E-state index in [1.807, 2.05) is 49.4 Å². The number of rotatable bonds is 5. The molecule has 0 amide bonds. The van der Waals surface area contributed by atoms with Crippen LogP contribution in [-0.2, 0) is 5.75 Å². The zero-order chi connectivity index (χ0) is 18.2. The molecule has 2 aromatic heterocycles. The molecule has 2 heterocycles. The van der Waals surface area contributed by atoms with E-state index in [2.05, 4.69) is 12.1 Å². The van der Waals surface area contributed by atoms with Gasteiger partial charge in [-0.2, -0.15) is 0 Å². The molecule has 0 spiro atoms. The summed E-state index contributed by atoms with van der Waals surface area (Å²) in [7, 11) is 0. The highest BCUT2D eigenvalue weighted by Crippen LogP contribution is 2.40. The van der Waals surface area contributed by atoms with E-state index >= 15 is 0 Å². The van der Waals surface area contributed by atoms with Crippen LogP contribution in [0.3, 0.4) is 0 Å². The fourth-order valence-corrected chi connectivity index (χ4v) is 4.13. The van der Waals surface area contributed by atoms with Crippen LogP contribution in [0, 0.1) is 6.92 Å². The topological polar surface area (TPSA) is 51.8 Å². The summed E-state index contributed by atoms with van der Waals surface area (Å²) >= 11 is 1.71. The minimum absolute atomic E-state index is 0.535. The molecule has 0 bridgehead atoms. The molecular weight excluding hydrogens is 354 g/mol. The number of fused-ring (bicyclic) bond motifs is 1. The van der Waals surface area contributed by atoms with Gasteiger partial charge in [0.1, 0.15) is 16.6 Å². The van der Waals surface area contributed by atoms with Crippen LogP contribution in [0.15, 0.2) is 64.0 Å². The van der Waals surface area contributed by atoms with Crippen molar-refractivity contribution in [3.8, 4) is 11.5 Å². The average molecular weight is 373 g/mol. The molecule has 0 unspecified atom stereocenters. The van der Waals surface area contributed by atoms with Gasteiger partial charge in [0.2, 0.25) is 5.89 Å². The standard InChI is InChI=1S/C22H19N3OS/c1-14-19(24-21(26-14)16-7-3-2-4-8-16)13-27-22-17-9-5-6-10-18(17)23-20(25-22)15-11-12-15/h2-10,15H,11-13H2,1H3. The largest absolute Gasteiger partial charge is 0.441 e. The second-order valence-electron chi connectivity index (χ2n) is 6.85. The van der Waals surface area contributed by atoms with E-state index in [9.17, 15) is 0 Å². The summed E-state index contributed by atoms with van der Waals surface area (Å²) in [5, 5.41) is 2.14. The highest BCUT2D eigenvalue weighted by atomic mass is 32.2. The number of thioether (sulfide) groups is 1. The summed E-state index contributed by atoms with van der Waals surface area (Å²) in [6.07, 6.45) is 2.40. The van der Waals surface area contributed by atoms with Crippen LogP contribution in [0.4, 0.5) is 0 Å². The predicted octanol–water partition coefficient (Wildman–Crippen LogP) is 5.76. The monoisotopic (exact) mass is 373 g/mol. The molecule has 5 rings (SSSR count). The van der Waals surface area contributed by atoms with Crippen molar-refractivity contribution in [3.63, 3.8) is 0 Å². The molecule has 0 saturated heterocycles. The fraction of sp³-hybridized carbons (Fsp3) is 0.227. The van der Waals surface area contributed by atoms with Gasteiger partial charge in [-0.1, -0.05) is 48.2 Å². The van der Waals surface area contributed by atoms with Crippen molar-refractivity contribution in [2.75, 3.05) is 0 Å². The van der Waals surface area contributed by atoms with Crippen LogP contribution in [0.2, 0.25) is 0 Å². The van der Waals surface area contributed by atoms with Gasteiger partial charge >= 0.3 is 0 Å². The molecule has 1 fully saturated rings. The Bertz CT molecular complexity index is 1100. The number of aromatic nitrogens is 3. The lowest BCUT2D eigenvalue weighted by Gasteiger charge is -2.07. The smallest absolute Gasteiger partial charge is 0.226 e. The number of aryl methyl sites for hydroxylation is 1. The molecule has 27 heavy (non-hydrogen) atoms. The van der Waals surface area contributed by atoms with Gasteiger partial charge in [-0.25, -0.2) is 15.0 Å². The molecule has 1 aliphatic carbocycles. The molecule has 1 aliphatic rings. The third kappa shape index (κ3) is 3.35. The van der Waals surface area contributed by atoms with Gasteiger partial charge in [0.05, 0.1) is 11.2 Å². The van der Waals surface area contributed by atoms with E-state index < -0.39 is 0 Å². The third-order valence-corrected chi connectivity index (χ3v) is 5.79. The molecule has 0 atom stereocenters. The first-order valence-electron chi connectivity index (χ1n) is 9.19. The Kier molecular flexibility index (Phi) is 4.17. The highest BCUT2D eigenvalue weighted by Gasteiger charge is 2.27. The Morgan fingerprint density at radius 3 is 2.56 bits per heavy atom. The molecule has 0 radical (unpaired) electrons. The Labute approximate surface area is 162 Å². The zero-order valence-electron chi connectivity index (χ0n) is 15.1. The van der Waals surface area contributed by atoms with Crippen LogP contribution in [-0.4, -0.2) is 15.0 Å². The van der Waals surface area contributed by atoms with Crippen molar-refractivity contribution in [2.45, 2.75) is 36.5 Å². The molecule has 0 N–H and O–H groups in total. The number of benzene rings is 2. The Morgan fingerprint density at radius 2 is 1.74 bits per heavy atom. The van der Waals surface area contributed by atoms with Gasteiger partial charge in [-0.3, -0.25) is 0 Å². The number of hydrogen-bond acceptors (Lipinski definition) is 5. The number of hydrogen-bond donors (Lipinski definition) is 0. The summed E-state index contributed by atoms with van der Waals surface area (Å²) in [5.41, 5.74) is 2.99. The van der Waals surface area contributed by atoms with Crippen molar-refractivity contribution < 1.29 is 4.42 Å². The van der Waals surface area contributed by atoms with Gasteiger partial charge < -0.3 is 4.42 Å². The van der Waals surface area contributed by atoms with Gasteiger partial charge in [0, 0.05) is 22.6 Å². The summed E-state index contributed by atoms with van der Waals surface area (Å²) in [6, 6.07) is 18.3. The van der Waals surface area contributed by atoms with Gasteiger partial charge in [0.15, 0.2) is 0 Å². The minimum Gasteiger partial charge on any atom is -0.441 e. The second-order valence-corrected chi connectivity index (χ2v) is 7.82. The van der Waals surface area contributed by atoms with Crippen molar-refractivity contribution in [1.29, 1.82) is 0 Å². The van der Waals surface area contributed by atoms with Crippen LogP contribution >= 0.6 is 11.8 Å². The van der Waals surface area contributed by atoms with Crippen molar-refractivity contribution >= 4 is 22.7 Å². The molecule has 0 aliphatic heterocycles. The molecule has 134 valence electrons. The Hall–Kier alpha value is -2.66. The molecule has 5 heteroatoms. The Balaban J connectivity index is 1.44. The van der Waals surface area contributed by atoms with Crippen LogP contribution in [0.5, 0.6) is 0 Å². The van der Waals surface area contributed by atoms with E-state index in [1.165, 1.54) is 12.8 Å². The van der Waals surface area contributed by atoms with E-state index in [-0.39, 0.29) is 0 Å². The average Bonchev–Trinajstić information content (AvgIpc) is 3.50. The summed E-state index contributed by atoms with van der Waals surface area (Å²) in [6.45, 7) is 1.98. The van der Waals surface area contributed by atoms with Gasteiger partial charge in [-0.15, -0.1) is 0 Å². The number of para-hydroxylation sites is 1. The second kappa shape index (κ2) is 6.82. The SMILES string of the molecule is Cc1oc(-c2ccccc2)nc1CSc1nc(C2CC2)nc2ccccc12. The first-order valence-corrected chi connectivity index (χ1v) is 10.2. The lowest BCUT2D eigenvalue weighted by Crippen LogP contribution is -1.96. The first-order chi connectivity index (χ1) is 13.3. The number of nitrogens with zero attached hydrogens (tertiary/aromatic N) is 3. The fourth-order valence-electron chi connectivity index (χ4n) is 3.10. The van der Waals surface area contributed by atoms with Crippen molar-refractivity contribution in [2.24, 2.45) is 0 Å². The quantitative estimate of drug-likeness (QED) is 0.329. The predicted molar refractivity (Wildman–Crippen MR) is 108 cm³/mol. The third-order valence-electron chi connectivity index (χ3n) is 4.79. The van der Waals surface area contributed by atoms with Crippen molar-refractivity contribution in [1.82, 2.24) is 15.0 Å². The molecule has 1 saturated carbocycles. The van der Waals surface area contributed by atoms with Gasteiger partial charge in [0.25, 0.3) is 0 Å². The van der Waals surface area contributed by atoms with Crippen LogP contribution in [0.1, 0.15) is 36.0 Å². The lowest BCUT2D eigenvalue weighted by atomic mass is 10.2. The van der Waals surface area contributed by atoms with E-state index in [4.69, 9.17) is 19.4 Å². The van der Waals surface area contributed by atoms with Crippen LogP contribution < -0.4 is 0 Å². The van der Waals surface area contributed by atoms with E-state index in [1.54, 1.807) is 11.8 Å². The molecular formula is C22H19N3OS. The first kappa shape index (κ1) is 16.5. The van der Waals surface area contributed by atoms with Crippen molar-refractivity contribution in [3.05, 3.63) is 71.9 Å².